The lowest BCUT2D eigenvalue weighted by atomic mass is 9.65. The zero-order valence-electron chi connectivity index (χ0n) is 13.4. The molecule has 1 saturated heterocycles. The zero-order valence-corrected chi connectivity index (χ0v) is 13.4. The quantitative estimate of drug-likeness (QED) is 0.774. The first-order valence-corrected chi connectivity index (χ1v) is 8.44. The first kappa shape index (κ1) is 14.2. The number of fused-ring (bicyclic) bond motifs is 2. The van der Waals surface area contributed by atoms with E-state index < -0.39 is 0 Å². The third kappa shape index (κ3) is 2.82. The van der Waals surface area contributed by atoms with E-state index in [1.54, 1.807) is 0 Å². The number of urea groups is 1. The van der Waals surface area contributed by atoms with Gasteiger partial charge < -0.3 is 10.2 Å². The van der Waals surface area contributed by atoms with Crippen LogP contribution in [0, 0.1) is 10.8 Å². The molecule has 0 aromatic carbocycles. The highest BCUT2D eigenvalue weighted by Crippen LogP contribution is 2.52. The Balaban J connectivity index is 1.64. The van der Waals surface area contributed by atoms with Crippen LogP contribution in [0.4, 0.5) is 4.79 Å². The topological polar surface area (TPSA) is 32.3 Å². The molecule has 0 spiro atoms. The second-order valence-corrected chi connectivity index (χ2v) is 8.63. The summed E-state index contributed by atoms with van der Waals surface area (Å²) in [5.41, 5.74) is 0.730. The number of carbonyl (C=O) groups is 1. The van der Waals surface area contributed by atoms with Crippen LogP contribution >= 0.6 is 0 Å². The molecule has 0 aromatic rings. The summed E-state index contributed by atoms with van der Waals surface area (Å²) in [6, 6.07) is 1.10. The normalized spacial score (nSPS) is 37.0. The lowest BCUT2D eigenvalue weighted by Crippen LogP contribution is -2.47. The fourth-order valence-corrected chi connectivity index (χ4v) is 5.20. The van der Waals surface area contributed by atoms with Crippen LogP contribution in [0.2, 0.25) is 0 Å². The Kier molecular flexibility index (Phi) is 3.50. The number of carbonyl (C=O) groups excluding carboxylic acids is 1. The van der Waals surface area contributed by atoms with Gasteiger partial charge in [0.2, 0.25) is 0 Å². The van der Waals surface area contributed by atoms with E-state index in [1.807, 2.05) is 0 Å². The van der Waals surface area contributed by atoms with Crippen molar-refractivity contribution < 1.29 is 4.79 Å². The second-order valence-electron chi connectivity index (χ2n) is 8.63. The summed E-state index contributed by atoms with van der Waals surface area (Å²) in [4.78, 5) is 14.8. The molecule has 2 saturated carbocycles. The molecule has 1 heterocycles. The minimum atomic E-state index is 0.211. The summed E-state index contributed by atoms with van der Waals surface area (Å²) in [7, 11) is 0. The number of nitrogens with zero attached hydrogens (tertiary/aromatic N) is 1. The molecule has 1 N–H and O–H groups in total. The van der Waals surface area contributed by atoms with E-state index in [2.05, 4.69) is 31.0 Å². The lowest BCUT2D eigenvalue weighted by molar-refractivity contribution is 0.128. The van der Waals surface area contributed by atoms with Gasteiger partial charge in [-0.3, -0.25) is 0 Å². The molecule has 2 atom stereocenters. The van der Waals surface area contributed by atoms with Crippen LogP contribution in [0.3, 0.4) is 0 Å². The summed E-state index contributed by atoms with van der Waals surface area (Å²) in [5.74, 6) is 0. The number of rotatable bonds is 1. The molecule has 0 unspecified atom stereocenters. The van der Waals surface area contributed by atoms with Gasteiger partial charge in [0.05, 0.1) is 0 Å². The van der Waals surface area contributed by atoms with Crippen LogP contribution in [-0.2, 0) is 0 Å². The molecule has 2 aliphatic carbocycles. The standard InChI is InChI=1S/C17H30N2O/c1-16(2)9-14-10-17(3,11-16)12-19(14)15(20)18-13-7-5-4-6-8-13/h13-14H,4-12H2,1-3H3,(H,18,20)/t14-,17-/m1/s1. The van der Waals surface area contributed by atoms with Gasteiger partial charge >= 0.3 is 6.03 Å². The highest BCUT2D eigenvalue weighted by molar-refractivity contribution is 5.75. The fourth-order valence-electron chi connectivity index (χ4n) is 5.20. The molecule has 3 aliphatic rings. The molecule has 1 aliphatic heterocycles. The van der Waals surface area contributed by atoms with E-state index >= 15 is 0 Å². The van der Waals surface area contributed by atoms with Crippen molar-refractivity contribution in [1.82, 2.24) is 10.2 Å². The van der Waals surface area contributed by atoms with Gasteiger partial charge in [0.1, 0.15) is 0 Å². The summed E-state index contributed by atoms with van der Waals surface area (Å²) in [5, 5.41) is 3.30. The summed E-state index contributed by atoms with van der Waals surface area (Å²) in [6.45, 7) is 8.05. The second kappa shape index (κ2) is 4.92. The van der Waals surface area contributed by atoms with E-state index in [1.165, 1.54) is 51.4 Å². The van der Waals surface area contributed by atoms with Crippen LogP contribution in [0.15, 0.2) is 0 Å². The monoisotopic (exact) mass is 278 g/mol. The largest absolute Gasteiger partial charge is 0.335 e. The van der Waals surface area contributed by atoms with Crippen molar-refractivity contribution in [2.75, 3.05) is 6.54 Å². The predicted octanol–water partition coefficient (Wildman–Crippen LogP) is 3.93. The highest BCUT2D eigenvalue weighted by Gasteiger charge is 2.51. The molecule has 2 amide bonds. The molecule has 3 heteroatoms. The molecule has 2 bridgehead atoms. The summed E-state index contributed by atoms with van der Waals surface area (Å²) >= 11 is 0. The van der Waals surface area contributed by atoms with Crippen molar-refractivity contribution in [3.8, 4) is 0 Å². The van der Waals surface area contributed by atoms with Crippen LogP contribution in [0.25, 0.3) is 0 Å². The Morgan fingerprint density at radius 2 is 1.80 bits per heavy atom. The van der Waals surface area contributed by atoms with Gasteiger partial charge in [-0.05, 0) is 42.9 Å². The summed E-state index contributed by atoms with van der Waals surface area (Å²) < 4.78 is 0. The SMILES string of the molecule is CC1(C)C[C@@H]2C[C@@](C)(CN2C(=O)NC2CCCCC2)C1. The van der Waals surface area contributed by atoms with Gasteiger partial charge in [0.25, 0.3) is 0 Å². The van der Waals surface area contributed by atoms with E-state index in [-0.39, 0.29) is 6.03 Å². The molecule has 3 rings (SSSR count). The molecule has 0 aromatic heterocycles. The fraction of sp³-hybridized carbons (Fsp3) is 0.941. The molecular formula is C17H30N2O. The van der Waals surface area contributed by atoms with Crippen LogP contribution < -0.4 is 5.32 Å². The maximum atomic E-state index is 12.6. The number of hydrogen-bond acceptors (Lipinski definition) is 1. The van der Waals surface area contributed by atoms with Crippen molar-refractivity contribution in [2.45, 2.75) is 84.2 Å². The number of hydrogen-bond donors (Lipinski definition) is 1. The van der Waals surface area contributed by atoms with E-state index in [9.17, 15) is 4.79 Å². The van der Waals surface area contributed by atoms with Gasteiger partial charge in [-0.1, -0.05) is 40.0 Å². The van der Waals surface area contributed by atoms with Crippen LogP contribution in [-0.4, -0.2) is 29.6 Å². The van der Waals surface area contributed by atoms with Crippen LogP contribution in [0.5, 0.6) is 0 Å². The number of nitrogens with one attached hydrogen (secondary N) is 1. The van der Waals surface area contributed by atoms with Gasteiger partial charge in [-0.15, -0.1) is 0 Å². The van der Waals surface area contributed by atoms with E-state index in [0.29, 0.717) is 22.9 Å². The smallest absolute Gasteiger partial charge is 0.317 e. The average Bonchev–Trinajstić information content (AvgIpc) is 2.60. The zero-order chi connectivity index (χ0) is 14.4. The lowest BCUT2D eigenvalue weighted by Gasteiger charge is -2.39. The Morgan fingerprint density at radius 1 is 1.10 bits per heavy atom. The van der Waals surface area contributed by atoms with Crippen LogP contribution in [0.1, 0.15) is 72.1 Å². The van der Waals surface area contributed by atoms with Crippen molar-refractivity contribution >= 4 is 6.03 Å². The molecule has 3 nitrogen and oxygen atoms in total. The Bertz CT molecular complexity index is 386. The van der Waals surface area contributed by atoms with Crippen molar-refractivity contribution in [1.29, 1.82) is 0 Å². The maximum absolute atomic E-state index is 12.6. The molecule has 3 fully saturated rings. The van der Waals surface area contributed by atoms with Gasteiger partial charge in [-0.25, -0.2) is 4.79 Å². The Labute approximate surface area is 123 Å². The molecule has 114 valence electrons. The average molecular weight is 278 g/mol. The minimum absolute atomic E-state index is 0.211. The Morgan fingerprint density at radius 3 is 2.50 bits per heavy atom. The van der Waals surface area contributed by atoms with Crippen molar-refractivity contribution in [2.24, 2.45) is 10.8 Å². The van der Waals surface area contributed by atoms with Crippen molar-refractivity contribution in [3.63, 3.8) is 0 Å². The number of amides is 2. The molecule has 20 heavy (non-hydrogen) atoms. The molecular weight excluding hydrogens is 248 g/mol. The Hall–Kier alpha value is -0.730. The number of likely N-dealkylation sites (tertiary alicyclic amines) is 1. The third-order valence-corrected chi connectivity index (χ3v) is 5.61. The third-order valence-electron chi connectivity index (χ3n) is 5.61. The van der Waals surface area contributed by atoms with Crippen molar-refractivity contribution in [3.05, 3.63) is 0 Å². The maximum Gasteiger partial charge on any atom is 0.317 e. The first-order valence-electron chi connectivity index (χ1n) is 8.44. The first-order chi connectivity index (χ1) is 9.37. The predicted molar refractivity (Wildman–Crippen MR) is 81.6 cm³/mol. The highest BCUT2D eigenvalue weighted by atomic mass is 16.2. The molecule has 0 radical (unpaired) electrons. The van der Waals surface area contributed by atoms with Gasteiger partial charge in [0.15, 0.2) is 0 Å². The minimum Gasteiger partial charge on any atom is -0.335 e. The van der Waals surface area contributed by atoms with Gasteiger partial charge in [0, 0.05) is 18.6 Å². The van der Waals surface area contributed by atoms with Gasteiger partial charge in [-0.2, -0.15) is 0 Å². The summed E-state index contributed by atoms with van der Waals surface area (Å²) in [6.07, 6.45) is 9.86. The van der Waals surface area contributed by atoms with E-state index in [4.69, 9.17) is 0 Å². The van der Waals surface area contributed by atoms with E-state index in [0.717, 1.165) is 6.54 Å².